The lowest BCUT2D eigenvalue weighted by atomic mass is 10.1. The Morgan fingerprint density at radius 1 is 1.23 bits per heavy atom. The Hall–Kier alpha value is -2.73. The van der Waals surface area contributed by atoms with Crippen molar-refractivity contribution in [2.75, 3.05) is 18.2 Å². The molecule has 2 aromatic carbocycles. The summed E-state index contributed by atoms with van der Waals surface area (Å²) in [7, 11) is 1.40. The van der Waals surface area contributed by atoms with Gasteiger partial charge in [-0.1, -0.05) is 30.7 Å². The van der Waals surface area contributed by atoms with Gasteiger partial charge in [-0.2, -0.15) is 0 Å². The maximum absolute atomic E-state index is 12.4. The number of nitrogen functional groups attached to an aromatic ring is 1. The Balaban J connectivity index is 2.06. The van der Waals surface area contributed by atoms with E-state index in [0.717, 1.165) is 12.0 Å². The summed E-state index contributed by atoms with van der Waals surface area (Å²) in [5.74, 6) is -0.949. The maximum Gasteiger partial charge on any atom is 0.342 e. The van der Waals surface area contributed by atoms with Crippen LogP contribution in [0.2, 0.25) is 5.02 Å². The molecule has 2 rings (SSSR count). The van der Waals surface area contributed by atoms with Gasteiger partial charge in [-0.25, -0.2) is 4.79 Å². The number of carbonyl (C=O) groups is 2. The molecule has 0 aliphatic rings. The highest BCUT2D eigenvalue weighted by atomic mass is 35.5. The molecule has 1 atom stereocenters. The Morgan fingerprint density at radius 3 is 2.46 bits per heavy atom. The number of aryl methyl sites for hydroxylation is 1. The summed E-state index contributed by atoms with van der Waals surface area (Å²) in [6.45, 7) is 3.53. The molecular formula is C19H21ClN2O4. The van der Waals surface area contributed by atoms with Crippen LogP contribution in [0.5, 0.6) is 5.75 Å². The molecule has 0 unspecified atom stereocenters. The van der Waals surface area contributed by atoms with Crippen LogP contribution in [0.25, 0.3) is 0 Å². The monoisotopic (exact) mass is 376 g/mol. The number of esters is 1. The topological polar surface area (TPSA) is 90.7 Å². The van der Waals surface area contributed by atoms with Crippen molar-refractivity contribution in [1.29, 1.82) is 0 Å². The number of hydrogen-bond donors (Lipinski definition) is 2. The van der Waals surface area contributed by atoms with Crippen LogP contribution in [0.15, 0.2) is 36.4 Å². The van der Waals surface area contributed by atoms with Crippen LogP contribution >= 0.6 is 11.6 Å². The molecule has 6 nitrogen and oxygen atoms in total. The zero-order valence-electron chi connectivity index (χ0n) is 14.8. The van der Waals surface area contributed by atoms with Gasteiger partial charge in [0.1, 0.15) is 11.3 Å². The fourth-order valence-electron chi connectivity index (χ4n) is 2.24. The Kier molecular flexibility index (Phi) is 6.46. The van der Waals surface area contributed by atoms with E-state index in [1.807, 2.05) is 19.1 Å². The minimum absolute atomic E-state index is 0.0960. The third-order valence-corrected chi connectivity index (χ3v) is 4.15. The number of methoxy groups -OCH3 is 1. The summed E-state index contributed by atoms with van der Waals surface area (Å²) >= 11 is 5.95. The first kappa shape index (κ1) is 19.6. The molecule has 0 saturated carbocycles. The smallest absolute Gasteiger partial charge is 0.342 e. The van der Waals surface area contributed by atoms with Crippen LogP contribution in [0.3, 0.4) is 0 Å². The van der Waals surface area contributed by atoms with Gasteiger partial charge in [-0.15, -0.1) is 0 Å². The average molecular weight is 377 g/mol. The molecule has 0 aliphatic carbocycles. The summed E-state index contributed by atoms with van der Waals surface area (Å²) in [4.78, 5) is 24.6. The van der Waals surface area contributed by atoms with Crippen molar-refractivity contribution in [3.63, 3.8) is 0 Å². The van der Waals surface area contributed by atoms with Gasteiger partial charge >= 0.3 is 5.97 Å². The lowest BCUT2D eigenvalue weighted by Crippen LogP contribution is -2.30. The van der Waals surface area contributed by atoms with Crippen LogP contribution in [0.1, 0.15) is 29.8 Å². The minimum atomic E-state index is -1.01. The minimum Gasteiger partial charge on any atom is -0.496 e. The van der Waals surface area contributed by atoms with Crippen molar-refractivity contribution in [1.82, 2.24) is 0 Å². The summed E-state index contributed by atoms with van der Waals surface area (Å²) in [5.41, 5.74) is 7.86. The molecule has 0 heterocycles. The molecule has 0 radical (unpaired) electrons. The second-order valence-corrected chi connectivity index (χ2v) is 6.07. The molecule has 0 fully saturated rings. The van der Waals surface area contributed by atoms with Gasteiger partial charge in [0.05, 0.1) is 17.8 Å². The molecule has 26 heavy (non-hydrogen) atoms. The summed E-state index contributed by atoms with van der Waals surface area (Å²) < 4.78 is 10.3. The van der Waals surface area contributed by atoms with Gasteiger partial charge in [0.15, 0.2) is 6.10 Å². The lowest BCUT2D eigenvalue weighted by molar-refractivity contribution is -0.123. The van der Waals surface area contributed by atoms with Crippen LogP contribution in [0.4, 0.5) is 11.4 Å². The van der Waals surface area contributed by atoms with E-state index in [-0.39, 0.29) is 22.0 Å². The first-order valence-corrected chi connectivity index (χ1v) is 8.47. The number of anilines is 2. The fraction of sp³-hybridized carbons (Fsp3) is 0.263. The molecular weight excluding hydrogens is 356 g/mol. The Bertz CT molecular complexity index is 806. The normalized spacial score (nSPS) is 11.5. The summed E-state index contributed by atoms with van der Waals surface area (Å²) in [5, 5.41) is 2.91. The number of amides is 1. The number of nitrogens with two attached hydrogens (primary N) is 1. The van der Waals surface area contributed by atoms with Gasteiger partial charge in [-0.3, -0.25) is 4.79 Å². The van der Waals surface area contributed by atoms with E-state index >= 15 is 0 Å². The van der Waals surface area contributed by atoms with Gasteiger partial charge < -0.3 is 20.5 Å². The molecule has 2 aromatic rings. The largest absolute Gasteiger partial charge is 0.496 e. The average Bonchev–Trinajstić information content (AvgIpc) is 2.63. The number of benzene rings is 2. The highest BCUT2D eigenvalue weighted by Gasteiger charge is 2.22. The van der Waals surface area contributed by atoms with Gasteiger partial charge in [0.2, 0.25) is 0 Å². The Morgan fingerprint density at radius 2 is 1.88 bits per heavy atom. The first-order valence-electron chi connectivity index (χ1n) is 8.09. The van der Waals surface area contributed by atoms with E-state index in [1.165, 1.54) is 26.2 Å². The molecule has 0 aromatic heterocycles. The number of hydrogen-bond acceptors (Lipinski definition) is 5. The summed E-state index contributed by atoms with van der Waals surface area (Å²) in [6, 6.07) is 10.2. The molecule has 0 spiro atoms. The van der Waals surface area contributed by atoms with Crippen LogP contribution in [-0.4, -0.2) is 25.1 Å². The lowest BCUT2D eigenvalue weighted by Gasteiger charge is -2.15. The van der Waals surface area contributed by atoms with Crippen molar-refractivity contribution in [3.8, 4) is 5.75 Å². The molecule has 0 saturated heterocycles. The van der Waals surface area contributed by atoms with Gasteiger partial charge in [0, 0.05) is 11.8 Å². The van der Waals surface area contributed by atoms with Crippen LogP contribution < -0.4 is 15.8 Å². The van der Waals surface area contributed by atoms with E-state index in [9.17, 15) is 9.59 Å². The zero-order chi connectivity index (χ0) is 19.3. The Labute approximate surface area is 157 Å². The molecule has 0 bridgehead atoms. The second kappa shape index (κ2) is 8.58. The van der Waals surface area contributed by atoms with E-state index < -0.39 is 18.0 Å². The standard InChI is InChI=1S/C19H21ClN2O4/c1-4-12-5-7-13(8-6-12)22-18(23)11(2)26-19(24)14-9-15(20)16(21)10-17(14)25-3/h5-11H,4,21H2,1-3H3,(H,22,23)/t11-/m1/s1. The number of carbonyl (C=O) groups excluding carboxylic acids is 2. The van der Waals surface area contributed by atoms with Gasteiger partial charge in [-0.05, 0) is 37.1 Å². The molecule has 0 aliphatic heterocycles. The zero-order valence-corrected chi connectivity index (χ0v) is 15.6. The number of nitrogens with one attached hydrogen (secondary N) is 1. The van der Waals surface area contributed by atoms with Crippen molar-refractivity contribution in [2.45, 2.75) is 26.4 Å². The van der Waals surface area contributed by atoms with E-state index in [0.29, 0.717) is 5.69 Å². The SMILES string of the molecule is CCc1ccc(NC(=O)[C@@H](C)OC(=O)c2cc(Cl)c(N)cc2OC)cc1. The number of halogens is 1. The molecule has 1 amide bonds. The predicted molar refractivity (Wildman–Crippen MR) is 102 cm³/mol. The van der Waals surface area contributed by atoms with Crippen LogP contribution in [-0.2, 0) is 16.0 Å². The molecule has 3 N–H and O–H groups in total. The van der Waals surface area contributed by atoms with E-state index in [1.54, 1.807) is 12.1 Å². The van der Waals surface area contributed by atoms with E-state index in [2.05, 4.69) is 5.32 Å². The highest BCUT2D eigenvalue weighted by Crippen LogP contribution is 2.29. The highest BCUT2D eigenvalue weighted by molar-refractivity contribution is 6.33. The van der Waals surface area contributed by atoms with E-state index in [4.69, 9.17) is 26.8 Å². The quantitative estimate of drug-likeness (QED) is 0.592. The third-order valence-electron chi connectivity index (χ3n) is 3.82. The van der Waals surface area contributed by atoms with Crippen molar-refractivity contribution < 1.29 is 19.1 Å². The van der Waals surface area contributed by atoms with Crippen molar-refractivity contribution >= 4 is 34.9 Å². The second-order valence-electron chi connectivity index (χ2n) is 5.66. The third kappa shape index (κ3) is 4.67. The van der Waals surface area contributed by atoms with Crippen molar-refractivity contribution in [3.05, 3.63) is 52.5 Å². The maximum atomic E-state index is 12.4. The first-order chi connectivity index (χ1) is 12.3. The van der Waals surface area contributed by atoms with Crippen LogP contribution in [0, 0.1) is 0 Å². The fourth-order valence-corrected chi connectivity index (χ4v) is 2.41. The number of ether oxygens (including phenoxy) is 2. The molecule has 138 valence electrons. The number of rotatable bonds is 6. The van der Waals surface area contributed by atoms with Crippen molar-refractivity contribution in [2.24, 2.45) is 0 Å². The van der Waals surface area contributed by atoms with Gasteiger partial charge in [0.25, 0.3) is 5.91 Å². The molecule has 7 heteroatoms. The summed E-state index contributed by atoms with van der Waals surface area (Å²) in [6.07, 6.45) is -0.0943. The predicted octanol–water partition coefficient (Wildman–Crippen LogP) is 3.68.